The van der Waals surface area contributed by atoms with Crippen molar-refractivity contribution in [1.29, 1.82) is 0 Å². The molecule has 0 radical (unpaired) electrons. The monoisotopic (exact) mass is 206 g/mol. The molecule has 0 spiro atoms. The third-order valence-electron chi connectivity index (χ3n) is 2.07. The number of carbonyl (C=O) groups excluding carboxylic acids is 1. The minimum atomic E-state index is -0.379. The fraction of sp³-hybridized carbons (Fsp3) is 0.100. The van der Waals surface area contributed by atoms with Crippen LogP contribution in [0, 0.1) is 0 Å². The molecule has 0 unspecified atom stereocenters. The SMILES string of the molecule is CNc1c(C(N)=O)sc2ccccc12. The molecule has 1 heterocycles. The molecule has 0 saturated carbocycles. The number of hydrogen-bond acceptors (Lipinski definition) is 3. The van der Waals surface area contributed by atoms with Gasteiger partial charge in [0.05, 0.1) is 5.69 Å². The molecule has 3 N–H and O–H groups in total. The van der Waals surface area contributed by atoms with Gasteiger partial charge in [0.15, 0.2) is 0 Å². The summed E-state index contributed by atoms with van der Waals surface area (Å²) < 4.78 is 1.07. The Morgan fingerprint density at radius 1 is 1.43 bits per heavy atom. The minimum absolute atomic E-state index is 0.379. The molecule has 2 rings (SSSR count). The number of benzene rings is 1. The molecule has 1 amide bonds. The maximum Gasteiger partial charge on any atom is 0.260 e. The van der Waals surface area contributed by atoms with E-state index in [-0.39, 0.29) is 5.91 Å². The number of rotatable bonds is 2. The van der Waals surface area contributed by atoms with Crippen molar-refractivity contribution in [3.63, 3.8) is 0 Å². The smallest absolute Gasteiger partial charge is 0.260 e. The van der Waals surface area contributed by atoms with Crippen molar-refractivity contribution >= 4 is 33.0 Å². The highest BCUT2D eigenvalue weighted by atomic mass is 32.1. The zero-order valence-corrected chi connectivity index (χ0v) is 8.52. The predicted octanol–water partition coefficient (Wildman–Crippen LogP) is 2.04. The lowest BCUT2D eigenvalue weighted by atomic mass is 10.2. The fourth-order valence-electron chi connectivity index (χ4n) is 1.47. The van der Waals surface area contributed by atoms with Gasteiger partial charge in [-0.2, -0.15) is 0 Å². The normalized spacial score (nSPS) is 10.4. The summed E-state index contributed by atoms with van der Waals surface area (Å²) in [5.74, 6) is -0.379. The van der Waals surface area contributed by atoms with Crippen molar-refractivity contribution < 1.29 is 4.79 Å². The Bertz CT molecular complexity index is 490. The van der Waals surface area contributed by atoms with Crippen LogP contribution >= 0.6 is 11.3 Å². The molecule has 0 fully saturated rings. The van der Waals surface area contributed by atoms with Crippen LogP contribution in [0.3, 0.4) is 0 Å². The maximum absolute atomic E-state index is 11.1. The second kappa shape index (κ2) is 3.31. The van der Waals surface area contributed by atoms with Crippen LogP contribution < -0.4 is 11.1 Å². The van der Waals surface area contributed by atoms with Crippen molar-refractivity contribution in [3.8, 4) is 0 Å². The number of primary amides is 1. The van der Waals surface area contributed by atoms with Gasteiger partial charge < -0.3 is 11.1 Å². The van der Waals surface area contributed by atoms with Gasteiger partial charge in [0.25, 0.3) is 5.91 Å². The third kappa shape index (κ3) is 1.24. The van der Waals surface area contributed by atoms with Crippen molar-refractivity contribution in [2.45, 2.75) is 0 Å². The molecule has 0 bridgehead atoms. The molecule has 4 heteroatoms. The number of thiophene rings is 1. The Hall–Kier alpha value is -1.55. The standard InChI is InChI=1S/C10H10N2OS/c1-12-8-6-4-2-3-5-7(6)14-9(8)10(11)13/h2-5,12H,1H3,(H2,11,13). The molecule has 0 saturated heterocycles. The molecular formula is C10H10N2OS. The highest BCUT2D eigenvalue weighted by Gasteiger charge is 2.14. The van der Waals surface area contributed by atoms with Crippen molar-refractivity contribution in [1.82, 2.24) is 0 Å². The number of hydrogen-bond donors (Lipinski definition) is 2. The maximum atomic E-state index is 11.1. The second-order valence-corrected chi connectivity index (χ2v) is 3.97. The van der Waals surface area contributed by atoms with Gasteiger partial charge in [0.1, 0.15) is 4.88 Å². The van der Waals surface area contributed by atoms with Gasteiger partial charge >= 0.3 is 0 Å². The molecule has 14 heavy (non-hydrogen) atoms. The summed E-state index contributed by atoms with van der Waals surface area (Å²) in [6.07, 6.45) is 0. The average molecular weight is 206 g/mol. The molecule has 1 aromatic heterocycles. The number of nitrogens with two attached hydrogens (primary N) is 1. The van der Waals surface area contributed by atoms with Gasteiger partial charge in [-0.05, 0) is 6.07 Å². The Labute approximate surface area is 85.5 Å². The second-order valence-electron chi connectivity index (χ2n) is 2.92. The summed E-state index contributed by atoms with van der Waals surface area (Å²) in [5.41, 5.74) is 6.12. The van der Waals surface area contributed by atoms with E-state index >= 15 is 0 Å². The fourth-order valence-corrected chi connectivity index (χ4v) is 2.53. The lowest BCUT2D eigenvalue weighted by molar-refractivity contribution is 0.100. The highest BCUT2D eigenvalue weighted by Crippen LogP contribution is 2.34. The van der Waals surface area contributed by atoms with Gasteiger partial charge in [-0.3, -0.25) is 4.79 Å². The quantitative estimate of drug-likeness (QED) is 0.790. The summed E-state index contributed by atoms with van der Waals surface area (Å²) in [5, 5.41) is 4.06. The molecule has 0 aliphatic rings. The zero-order valence-electron chi connectivity index (χ0n) is 7.70. The molecular weight excluding hydrogens is 196 g/mol. The Balaban J connectivity index is 2.78. The molecule has 2 aromatic rings. The molecule has 3 nitrogen and oxygen atoms in total. The topological polar surface area (TPSA) is 55.1 Å². The van der Waals surface area contributed by atoms with Crippen LogP contribution in [0.15, 0.2) is 24.3 Å². The van der Waals surface area contributed by atoms with Crippen LogP contribution in [-0.4, -0.2) is 13.0 Å². The Morgan fingerprint density at radius 2 is 2.14 bits per heavy atom. The van der Waals surface area contributed by atoms with E-state index in [9.17, 15) is 4.79 Å². The molecule has 0 atom stereocenters. The van der Waals surface area contributed by atoms with E-state index in [1.165, 1.54) is 11.3 Å². The first-order chi connectivity index (χ1) is 6.74. The van der Waals surface area contributed by atoms with Gasteiger partial charge in [-0.1, -0.05) is 18.2 Å². The van der Waals surface area contributed by atoms with Crippen molar-refractivity contribution in [2.24, 2.45) is 5.73 Å². The largest absolute Gasteiger partial charge is 0.386 e. The summed E-state index contributed by atoms with van der Waals surface area (Å²) in [6.45, 7) is 0. The summed E-state index contributed by atoms with van der Waals surface area (Å²) in [6, 6.07) is 7.85. The van der Waals surface area contributed by atoms with Crippen LogP contribution in [0.5, 0.6) is 0 Å². The average Bonchev–Trinajstić information content (AvgIpc) is 2.56. The lowest BCUT2D eigenvalue weighted by Crippen LogP contribution is -2.10. The first kappa shape index (κ1) is 9.02. The highest BCUT2D eigenvalue weighted by molar-refractivity contribution is 7.21. The van der Waals surface area contributed by atoms with Gasteiger partial charge in [-0.15, -0.1) is 11.3 Å². The molecule has 1 aromatic carbocycles. The van der Waals surface area contributed by atoms with Crippen LogP contribution in [0.25, 0.3) is 10.1 Å². The Kier molecular flexibility index (Phi) is 2.13. The van der Waals surface area contributed by atoms with Crippen LogP contribution in [0.2, 0.25) is 0 Å². The molecule has 0 aliphatic carbocycles. The van der Waals surface area contributed by atoms with Crippen molar-refractivity contribution in [3.05, 3.63) is 29.1 Å². The van der Waals surface area contributed by atoms with Gasteiger partial charge in [0.2, 0.25) is 0 Å². The van der Waals surface area contributed by atoms with Gasteiger partial charge in [-0.25, -0.2) is 0 Å². The first-order valence-corrected chi connectivity index (χ1v) is 5.04. The van der Waals surface area contributed by atoms with E-state index in [0.29, 0.717) is 4.88 Å². The van der Waals surface area contributed by atoms with Crippen LogP contribution in [0.4, 0.5) is 5.69 Å². The predicted molar refractivity (Wildman–Crippen MR) is 59.9 cm³/mol. The third-order valence-corrected chi connectivity index (χ3v) is 3.25. The van der Waals surface area contributed by atoms with Gasteiger partial charge in [0, 0.05) is 17.1 Å². The number of anilines is 1. The van der Waals surface area contributed by atoms with E-state index in [1.807, 2.05) is 24.3 Å². The summed E-state index contributed by atoms with van der Waals surface area (Å²) in [4.78, 5) is 11.7. The van der Waals surface area contributed by atoms with Crippen LogP contribution in [0.1, 0.15) is 9.67 Å². The number of nitrogens with one attached hydrogen (secondary N) is 1. The minimum Gasteiger partial charge on any atom is -0.386 e. The van der Waals surface area contributed by atoms with E-state index in [2.05, 4.69) is 5.32 Å². The van der Waals surface area contributed by atoms with E-state index < -0.39 is 0 Å². The van der Waals surface area contributed by atoms with Crippen LogP contribution in [-0.2, 0) is 0 Å². The summed E-state index contributed by atoms with van der Waals surface area (Å²) in [7, 11) is 1.79. The molecule has 0 aliphatic heterocycles. The first-order valence-electron chi connectivity index (χ1n) is 4.23. The van der Waals surface area contributed by atoms with E-state index in [4.69, 9.17) is 5.73 Å². The Morgan fingerprint density at radius 3 is 2.79 bits per heavy atom. The van der Waals surface area contributed by atoms with E-state index in [1.54, 1.807) is 7.05 Å². The molecule has 72 valence electrons. The zero-order chi connectivity index (χ0) is 10.1. The number of fused-ring (bicyclic) bond motifs is 1. The lowest BCUT2D eigenvalue weighted by Gasteiger charge is -1.99. The number of amides is 1. The van der Waals surface area contributed by atoms with Crippen molar-refractivity contribution in [2.75, 3.05) is 12.4 Å². The number of carbonyl (C=O) groups is 1. The van der Waals surface area contributed by atoms with E-state index in [0.717, 1.165) is 15.8 Å². The summed E-state index contributed by atoms with van der Waals surface area (Å²) >= 11 is 1.42.